The Balaban J connectivity index is 1.65. The summed E-state index contributed by atoms with van der Waals surface area (Å²) in [4.78, 5) is 8.19. The molecule has 0 radical (unpaired) electrons. The van der Waals surface area contributed by atoms with Gasteiger partial charge in [0.15, 0.2) is 0 Å². The van der Waals surface area contributed by atoms with Crippen molar-refractivity contribution in [2.45, 2.75) is 10.9 Å². The van der Waals surface area contributed by atoms with Gasteiger partial charge in [0, 0.05) is 23.3 Å². The number of hydrogen-bond acceptors (Lipinski definition) is 5. The molecular formula is C19H13F2N3O2S2. The lowest BCUT2D eigenvalue weighted by Crippen LogP contribution is -2.12. The predicted octanol–water partition coefficient (Wildman–Crippen LogP) is 4.25. The molecule has 0 spiro atoms. The summed E-state index contributed by atoms with van der Waals surface area (Å²) >= 11 is 1.16. The predicted molar refractivity (Wildman–Crippen MR) is 102 cm³/mol. The third kappa shape index (κ3) is 3.58. The zero-order chi connectivity index (χ0) is 19.7. The van der Waals surface area contributed by atoms with Crippen molar-refractivity contribution in [3.8, 4) is 16.3 Å². The van der Waals surface area contributed by atoms with Crippen molar-refractivity contribution >= 4 is 21.2 Å². The van der Waals surface area contributed by atoms with Crippen LogP contribution < -0.4 is 0 Å². The molecule has 142 valence electrons. The van der Waals surface area contributed by atoms with E-state index in [1.807, 2.05) is 0 Å². The van der Waals surface area contributed by atoms with Crippen molar-refractivity contribution in [2.75, 3.05) is 0 Å². The Hall–Kier alpha value is -2.91. The fourth-order valence-corrected chi connectivity index (χ4v) is 5.04. The number of hydrogen-bond donors (Lipinski definition) is 0. The number of aromatic nitrogens is 3. The van der Waals surface area contributed by atoms with Gasteiger partial charge in [-0.3, -0.25) is 4.57 Å². The second-order valence-electron chi connectivity index (χ2n) is 5.94. The van der Waals surface area contributed by atoms with Crippen molar-refractivity contribution in [2.24, 2.45) is 0 Å². The van der Waals surface area contributed by atoms with Crippen molar-refractivity contribution in [3.63, 3.8) is 0 Å². The molecule has 0 aliphatic rings. The third-order valence-corrected chi connectivity index (χ3v) is 6.42. The first-order chi connectivity index (χ1) is 13.4. The standard InChI is InChI=1S/C19H13F2N3O2S2/c20-13-4-3-5-15(10-13)24-9-8-22-19(24)28(25,26)12-14-11-27-18(23-14)16-6-1-2-7-17(16)21/h1-11H,12H2. The molecule has 0 fully saturated rings. The Bertz CT molecular complexity index is 1250. The van der Waals surface area contributed by atoms with Gasteiger partial charge in [0.1, 0.15) is 22.4 Å². The molecule has 0 atom stereocenters. The lowest BCUT2D eigenvalue weighted by Gasteiger charge is -2.08. The van der Waals surface area contributed by atoms with Crippen LogP contribution in [0.25, 0.3) is 16.3 Å². The molecule has 4 rings (SSSR count). The molecule has 2 aromatic carbocycles. The largest absolute Gasteiger partial charge is 0.291 e. The van der Waals surface area contributed by atoms with Gasteiger partial charge in [-0.15, -0.1) is 11.3 Å². The fraction of sp³-hybridized carbons (Fsp3) is 0.0526. The SMILES string of the molecule is O=S(=O)(Cc1csc(-c2ccccc2F)n1)c1nccn1-c1cccc(F)c1. The van der Waals surface area contributed by atoms with Gasteiger partial charge in [-0.1, -0.05) is 18.2 Å². The van der Waals surface area contributed by atoms with Gasteiger partial charge in [-0.05, 0) is 30.3 Å². The van der Waals surface area contributed by atoms with Gasteiger partial charge in [-0.25, -0.2) is 27.2 Å². The van der Waals surface area contributed by atoms with E-state index in [0.29, 0.717) is 16.3 Å². The smallest absolute Gasteiger partial charge is 0.232 e. The van der Waals surface area contributed by atoms with E-state index in [0.717, 1.165) is 11.3 Å². The normalized spacial score (nSPS) is 11.6. The van der Waals surface area contributed by atoms with Gasteiger partial charge in [0.05, 0.1) is 11.4 Å². The number of sulfone groups is 1. The molecule has 0 N–H and O–H groups in total. The Kier molecular flexibility index (Phi) is 4.78. The summed E-state index contributed by atoms with van der Waals surface area (Å²) in [6, 6.07) is 11.7. The highest BCUT2D eigenvalue weighted by Gasteiger charge is 2.24. The van der Waals surface area contributed by atoms with Crippen LogP contribution in [0.3, 0.4) is 0 Å². The van der Waals surface area contributed by atoms with E-state index < -0.39 is 27.2 Å². The van der Waals surface area contributed by atoms with Crippen LogP contribution in [0.15, 0.2) is 71.5 Å². The maximum atomic E-state index is 13.9. The Morgan fingerprint density at radius 1 is 1.07 bits per heavy atom. The van der Waals surface area contributed by atoms with Gasteiger partial charge in [0.2, 0.25) is 15.0 Å². The molecule has 0 saturated heterocycles. The summed E-state index contributed by atoms with van der Waals surface area (Å²) < 4.78 is 54.5. The maximum Gasteiger partial charge on any atom is 0.232 e. The number of nitrogens with zero attached hydrogens (tertiary/aromatic N) is 3. The third-order valence-electron chi connectivity index (χ3n) is 3.97. The lowest BCUT2D eigenvalue weighted by molar-refractivity contribution is 0.582. The highest BCUT2D eigenvalue weighted by atomic mass is 32.2. The highest BCUT2D eigenvalue weighted by Crippen LogP contribution is 2.28. The minimum atomic E-state index is -3.86. The quantitative estimate of drug-likeness (QED) is 0.487. The molecule has 2 aromatic heterocycles. The molecule has 28 heavy (non-hydrogen) atoms. The summed E-state index contributed by atoms with van der Waals surface area (Å²) in [7, 11) is -3.86. The number of imidazole rings is 1. The van der Waals surface area contributed by atoms with Crippen LogP contribution in [0.2, 0.25) is 0 Å². The molecule has 0 aliphatic carbocycles. The highest BCUT2D eigenvalue weighted by molar-refractivity contribution is 7.90. The minimum absolute atomic E-state index is 0.210. The van der Waals surface area contributed by atoms with Crippen molar-refractivity contribution < 1.29 is 17.2 Å². The molecule has 0 aliphatic heterocycles. The van der Waals surface area contributed by atoms with E-state index in [1.165, 1.54) is 41.2 Å². The molecular weight excluding hydrogens is 404 g/mol. The van der Waals surface area contributed by atoms with Crippen LogP contribution in [-0.2, 0) is 15.6 Å². The first-order valence-electron chi connectivity index (χ1n) is 8.15. The zero-order valence-corrected chi connectivity index (χ0v) is 15.9. The van der Waals surface area contributed by atoms with Gasteiger partial charge < -0.3 is 0 Å². The Morgan fingerprint density at radius 3 is 2.68 bits per heavy atom. The van der Waals surface area contributed by atoms with E-state index in [-0.39, 0.29) is 10.9 Å². The molecule has 0 amide bonds. The van der Waals surface area contributed by atoms with Crippen molar-refractivity contribution in [1.29, 1.82) is 0 Å². The van der Waals surface area contributed by atoms with Gasteiger partial charge in [-0.2, -0.15) is 0 Å². The second-order valence-corrected chi connectivity index (χ2v) is 8.68. The van der Waals surface area contributed by atoms with Crippen molar-refractivity contribution in [3.05, 3.63) is 83.6 Å². The summed E-state index contributed by atoms with van der Waals surface area (Å²) in [6.45, 7) is 0. The van der Waals surface area contributed by atoms with Gasteiger partial charge >= 0.3 is 0 Å². The summed E-state index contributed by atoms with van der Waals surface area (Å²) in [6.07, 6.45) is 2.79. The van der Waals surface area contributed by atoms with E-state index >= 15 is 0 Å². The average molecular weight is 417 g/mol. The van der Waals surface area contributed by atoms with Crippen LogP contribution in [0.4, 0.5) is 8.78 Å². The van der Waals surface area contributed by atoms with Crippen LogP contribution >= 0.6 is 11.3 Å². The molecule has 4 aromatic rings. The Labute approximate surface area is 163 Å². The van der Waals surface area contributed by atoms with Crippen LogP contribution in [-0.4, -0.2) is 23.0 Å². The topological polar surface area (TPSA) is 64.8 Å². The molecule has 0 saturated carbocycles. The van der Waals surface area contributed by atoms with Gasteiger partial charge in [0.25, 0.3) is 0 Å². The molecule has 0 unspecified atom stereocenters. The first kappa shape index (κ1) is 18.5. The van der Waals surface area contributed by atoms with E-state index in [9.17, 15) is 17.2 Å². The summed E-state index contributed by atoms with van der Waals surface area (Å²) in [5.74, 6) is -1.30. The summed E-state index contributed by atoms with van der Waals surface area (Å²) in [5.41, 5.74) is 0.954. The van der Waals surface area contributed by atoms with Crippen molar-refractivity contribution in [1.82, 2.24) is 14.5 Å². The van der Waals surface area contributed by atoms with Crippen LogP contribution in [0, 0.1) is 11.6 Å². The number of thiazole rings is 1. The number of halogens is 2. The average Bonchev–Trinajstić information content (AvgIpc) is 3.32. The fourth-order valence-electron chi connectivity index (χ4n) is 2.73. The minimum Gasteiger partial charge on any atom is -0.291 e. The molecule has 2 heterocycles. The lowest BCUT2D eigenvalue weighted by atomic mass is 10.2. The first-order valence-corrected chi connectivity index (χ1v) is 10.7. The van der Waals surface area contributed by atoms with E-state index in [2.05, 4.69) is 9.97 Å². The Morgan fingerprint density at radius 2 is 1.89 bits per heavy atom. The monoisotopic (exact) mass is 417 g/mol. The number of rotatable bonds is 5. The second kappa shape index (κ2) is 7.25. The van der Waals surface area contributed by atoms with Crippen LogP contribution in [0.1, 0.15) is 5.69 Å². The molecule has 0 bridgehead atoms. The number of benzene rings is 2. The summed E-state index contributed by atoms with van der Waals surface area (Å²) in [5, 5.41) is 1.77. The van der Waals surface area contributed by atoms with Crippen LogP contribution in [0.5, 0.6) is 0 Å². The molecule has 5 nitrogen and oxygen atoms in total. The van der Waals surface area contributed by atoms with E-state index in [1.54, 1.807) is 29.6 Å². The van der Waals surface area contributed by atoms with E-state index in [4.69, 9.17) is 0 Å². The molecule has 9 heteroatoms. The maximum absolute atomic E-state index is 13.9. The zero-order valence-electron chi connectivity index (χ0n) is 14.3.